The van der Waals surface area contributed by atoms with Gasteiger partial charge in [-0.05, 0) is 74.2 Å². The van der Waals surface area contributed by atoms with Crippen LogP contribution in [0, 0.1) is 34.5 Å². The van der Waals surface area contributed by atoms with Gasteiger partial charge in [0, 0.05) is 23.4 Å². The van der Waals surface area contributed by atoms with Gasteiger partial charge in [-0.2, -0.15) is 0 Å². The molecule has 0 saturated heterocycles. The Hall–Kier alpha value is -1.20. The van der Waals surface area contributed by atoms with Crippen LogP contribution in [0.1, 0.15) is 71.4 Å². The number of Topliss-reactive ketones (excluding diaryl/α,β-unsaturated/α-hetero) is 1. The number of nitrogens with zero attached hydrogens (tertiary/aromatic N) is 2. The summed E-state index contributed by atoms with van der Waals surface area (Å²) in [4.78, 5) is 22.6. The van der Waals surface area contributed by atoms with E-state index in [-0.39, 0.29) is 34.4 Å². The van der Waals surface area contributed by atoms with E-state index in [2.05, 4.69) is 53.0 Å². The highest BCUT2D eigenvalue weighted by molar-refractivity contribution is 7.15. The van der Waals surface area contributed by atoms with E-state index in [9.17, 15) is 9.90 Å². The van der Waals surface area contributed by atoms with Crippen LogP contribution >= 0.6 is 11.3 Å². The topological polar surface area (TPSA) is 53.4 Å². The quantitative estimate of drug-likeness (QED) is 0.670. The standard InChI is InChI=1S/C26H38N2O2S/c1-8-28(9-2)23-27-21-17(31-23)13-25(7)18-11-10-16-14(3)22(30)26(18,15(16)4)20(29)12-19(25)24(21,5)6/h15-16,18-20,29H,3,8-13H2,1-2,4-7H3/t15-,16-,18+,19-,20-,25+,26-/m1/s1. The predicted molar refractivity (Wildman–Crippen MR) is 127 cm³/mol. The summed E-state index contributed by atoms with van der Waals surface area (Å²) in [5, 5.41) is 12.8. The van der Waals surface area contributed by atoms with Crippen LogP contribution in [0.4, 0.5) is 5.13 Å². The Morgan fingerprint density at radius 1 is 1.19 bits per heavy atom. The Bertz CT molecular complexity index is 947. The number of aliphatic hydroxyl groups excluding tert-OH is 1. The molecule has 0 radical (unpaired) electrons. The lowest BCUT2D eigenvalue weighted by Gasteiger charge is -2.65. The van der Waals surface area contributed by atoms with Crippen molar-refractivity contribution in [3.05, 3.63) is 22.7 Å². The first-order valence-corrected chi connectivity index (χ1v) is 13.0. The van der Waals surface area contributed by atoms with Crippen LogP contribution in [0.2, 0.25) is 0 Å². The molecule has 2 bridgehead atoms. The molecule has 0 amide bonds. The number of carbonyl (C=O) groups is 1. The number of carbonyl (C=O) groups excluding carboxylic acids is 1. The summed E-state index contributed by atoms with van der Waals surface area (Å²) in [5.41, 5.74) is 1.25. The van der Waals surface area contributed by atoms with Gasteiger partial charge in [0.25, 0.3) is 0 Å². The lowest BCUT2D eigenvalue weighted by molar-refractivity contribution is -0.195. The minimum Gasteiger partial charge on any atom is -0.392 e. The van der Waals surface area contributed by atoms with E-state index in [4.69, 9.17) is 4.98 Å². The zero-order chi connectivity index (χ0) is 22.5. The molecule has 5 rings (SSSR count). The van der Waals surface area contributed by atoms with E-state index in [1.165, 1.54) is 10.6 Å². The van der Waals surface area contributed by atoms with Crippen LogP contribution in [0.25, 0.3) is 0 Å². The van der Waals surface area contributed by atoms with Crippen LogP contribution in [-0.2, 0) is 16.6 Å². The molecule has 7 atom stereocenters. The average molecular weight is 443 g/mol. The molecule has 4 nitrogen and oxygen atoms in total. The lowest BCUT2D eigenvalue weighted by atomic mass is 9.39. The van der Waals surface area contributed by atoms with Gasteiger partial charge in [-0.3, -0.25) is 4.79 Å². The molecule has 0 aromatic carbocycles. The van der Waals surface area contributed by atoms with Gasteiger partial charge in [0.1, 0.15) is 0 Å². The van der Waals surface area contributed by atoms with E-state index in [1.54, 1.807) is 0 Å². The molecular weight excluding hydrogens is 404 g/mol. The van der Waals surface area contributed by atoms with Gasteiger partial charge in [0.05, 0.1) is 17.2 Å². The normalized spacial score (nSPS) is 42.7. The molecule has 31 heavy (non-hydrogen) atoms. The number of rotatable bonds is 3. The summed E-state index contributed by atoms with van der Waals surface area (Å²) in [5.74, 6) is 1.14. The third-order valence-corrected chi connectivity index (χ3v) is 11.3. The van der Waals surface area contributed by atoms with Crippen LogP contribution in [0.5, 0.6) is 0 Å². The highest BCUT2D eigenvalue weighted by atomic mass is 32.1. The van der Waals surface area contributed by atoms with E-state index in [0.29, 0.717) is 12.3 Å². The van der Waals surface area contributed by atoms with E-state index < -0.39 is 11.5 Å². The zero-order valence-corrected chi connectivity index (χ0v) is 20.8. The highest BCUT2D eigenvalue weighted by Crippen LogP contribution is 2.72. The van der Waals surface area contributed by atoms with Crippen molar-refractivity contribution in [3.8, 4) is 0 Å². The summed E-state index contributed by atoms with van der Waals surface area (Å²) in [6.45, 7) is 19.8. The number of ketones is 1. The van der Waals surface area contributed by atoms with Crippen molar-refractivity contribution in [3.63, 3.8) is 0 Å². The number of hydrogen-bond donors (Lipinski definition) is 1. The first-order chi connectivity index (χ1) is 14.5. The van der Waals surface area contributed by atoms with Gasteiger partial charge >= 0.3 is 0 Å². The molecule has 5 heteroatoms. The number of aromatic nitrogens is 1. The van der Waals surface area contributed by atoms with Crippen molar-refractivity contribution in [1.82, 2.24) is 4.98 Å². The molecule has 1 spiro atoms. The first kappa shape index (κ1) is 21.6. The Kier molecular flexibility index (Phi) is 4.65. The molecule has 1 aromatic rings. The Labute approximate surface area is 191 Å². The summed E-state index contributed by atoms with van der Waals surface area (Å²) in [6, 6.07) is 0. The van der Waals surface area contributed by atoms with Crippen LogP contribution in [0.15, 0.2) is 12.2 Å². The van der Waals surface area contributed by atoms with Crippen LogP contribution < -0.4 is 4.90 Å². The van der Waals surface area contributed by atoms with Crippen molar-refractivity contribution in [2.24, 2.45) is 34.5 Å². The second-order valence-electron chi connectivity index (χ2n) is 11.5. The second kappa shape index (κ2) is 6.66. The number of allylic oxidation sites excluding steroid dienone is 1. The molecular formula is C26H38N2O2S. The Balaban J connectivity index is 1.65. The first-order valence-electron chi connectivity index (χ1n) is 12.2. The number of hydrogen-bond acceptors (Lipinski definition) is 5. The maximum absolute atomic E-state index is 13.7. The molecule has 4 aliphatic carbocycles. The smallest absolute Gasteiger partial charge is 0.185 e. The van der Waals surface area contributed by atoms with E-state index in [0.717, 1.165) is 43.1 Å². The third-order valence-electron chi connectivity index (χ3n) is 10.2. The summed E-state index contributed by atoms with van der Waals surface area (Å²) < 4.78 is 0. The zero-order valence-electron chi connectivity index (χ0n) is 20.0. The molecule has 1 aromatic heterocycles. The molecule has 4 aliphatic rings. The second-order valence-corrected chi connectivity index (χ2v) is 12.5. The molecule has 1 N–H and O–H groups in total. The number of aliphatic hydroxyl groups is 1. The Morgan fingerprint density at radius 3 is 2.52 bits per heavy atom. The number of anilines is 1. The molecule has 0 aliphatic heterocycles. The fourth-order valence-corrected chi connectivity index (χ4v) is 10.3. The fourth-order valence-electron chi connectivity index (χ4n) is 8.73. The highest BCUT2D eigenvalue weighted by Gasteiger charge is 2.73. The van der Waals surface area contributed by atoms with Gasteiger partial charge in [0.15, 0.2) is 10.9 Å². The third kappa shape index (κ3) is 2.40. The van der Waals surface area contributed by atoms with Crippen molar-refractivity contribution >= 4 is 22.3 Å². The van der Waals surface area contributed by atoms with Crippen molar-refractivity contribution in [2.75, 3.05) is 18.0 Å². The van der Waals surface area contributed by atoms with Gasteiger partial charge in [-0.25, -0.2) is 4.98 Å². The molecule has 3 fully saturated rings. The van der Waals surface area contributed by atoms with Crippen LogP contribution in [-0.4, -0.2) is 35.1 Å². The molecule has 3 saturated carbocycles. The van der Waals surface area contributed by atoms with Gasteiger partial charge in [-0.1, -0.05) is 34.3 Å². The largest absolute Gasteiger partial charge is 0.392 e. The number of thiazole rings is 1. The SMILES string of the molecule is C=C1C(=O)[C@@]23[C@H](O)C[C@@H]4C(C)(C)c5nc(N(CC)CC)sc5C[C@@]4(C)[C@@H]2CC[C@H]1[C@H]3C. The fraction of sp³-hybridized carbons (Fsp3) is 0.769. The number of fused-ring (bicyclic) bond motifs is 4. The lowest BCUT2D eigenvalue weighted by Crippen LogP contribution is -2.66. The minimum atomic E-state index is -0.634. The van der Waals surface area contributed by atoms with Crippen molar-refractivity contribution in [1.29, 1.82) is 0 Å². The minimum absolute atomic E-state index is 0.0116. The van der Waals surface area contributed by atoms with Gasteiger partial charge in [-0.15, -0.1) is 11.3 Å². The van der Waals surface area contributed by atoms with Gasteiger partial charge in [0.2, 0.25) is 0 Å². The maximum atomic E-state index is 13.7. The van der Waals surface area contributed by atoms with E-state index in [1.807, 2.05) is 11.3 Å². The van der Waals surface area contributed by atoms with E-state index >= 15 is 0 Å². The van der Waals surface area contributed by atoms with Crippen molar-refractivity contribution < 1.29 is 9.90 Å². The van der Waals surface area contributed by atoms with Crippen LogP contribution in [0.3, 0.4) is 0 Å². The average Bonchev–Trinajstić information content (AvgIpc) is 3.17. The monoisotopic (exact) mass is 442 g/mol. The maximum Gasteiger partial charge on any atom is 0.185 e. The summed E-state index contributed by atoms with van der Waals surface area (Å²) in [7, 11) is 0. The molecule has 170 valence electrons. The predicted octanol–water partition coefficient (Wildman–Crippen LogP) is 5.00. The summed E-state index contributed by atoms with van der Waals surface area (Å²) >= 11 is 1.86. The van der Waals surface area contributed by atoms with Crippen molar-refractivity contribution in [2.45, 2.75) is 78.7 Å². The molecule has 1 heterocycles. The van der Waals surface area contributed by atoms with Gasteiger partial charge < -0.3 is 10.0 Å². The molecule has 0 unspecified atom stereocenters. The summed E-state index contributed by atoms with van der Waals surface area (Å²) in [6.07, 6.45) is 3.14. The Morgan fingerprint density at radius 2 is 1.87 bits per heavy atom.